The van der Waals surface area contributed by atoms with Crippen LogP contribution in [0.3, 0.4) is 0 Å². The summed E-state index contributed by atoms with van der Waals surface area (Å²) in [5.41, 5.74) is 2.10. The molecule has 174 valence electrons. The third-order valence-corrected chi connectivity index (χ3v) is 4.92. The van der Waals surface area contributed by atoms with Crippen molar-refractivity contribution in [3.05, 3.63) is 42.2 Å². The third kappa shape index (κ3) is 6.39. The highest BCUT2D eigenvalue weighted by Crippen LogP contribution is 2.39. The Morgan fingerprint density at radius 2 is 2.03 bits per heavy atom. The van der Waals surface area contributed by atoms with Gasteiger partial charge in [0.1, 0.15) is 18.1 Å². The van der Waals surface area contributed by atoms with Crippen LogP contribution in [-0.2, 0) is 9.53 Å². The summed E-state index contributed by atoms with van der Waals surface area (Å²) in [6.07, 6.45) is 7.62. The van der Waals surface area contributed by atoms with Gasteiger partial charge in [-0.25, -0.2) is 15.0 Å². The molecule has 0 aromatic carbocycles. The molecule has 11 heteroatoms. The molecule has 0 spiro atoms. The molecular formula is C22H28N8O3. The molecule has 2 aromatic heterocycles. The molecular weight excluding hydrogens is 424 g/mol. The molecule has 1 aliphatic carbocycles. The number of hydrogen-bond donors (Lipinski definition) is 3. The van der Waals surface area contributed by atoms with E-state index < -0.39 is 17.9 Å². The highest BCUT2D eigenvalue weighted by atomic mass is 16.5. The fraction of sp³-hybridized carbons (Fsp3) is 0.409. The highest BCUT2D eigenvalue weighted by Gasteiger charge is 2.29. The van der Waals surface area contributed by atoms with Gasteiger partial charge < -0.3 is 25.7 Å². The zero-order valence-corrected chi connectivity index (χ0v) is 18.9. The smallest absolute Gasteiger partial charge is 0.272 e. The Bertz CT molecular complexity index is 1020. The number of ether oxygens (including phenoxy) is 1. The number of methoxy groups -OCH3 is 1. The Kier molecular flexibility index (Phi) is 8.14. The van der Waals surface area contributed by atoms with Crippen molar-refractivity contribution in [1.82, 2.24) is 25.2 Å². The summed E-state index contributed by atoms with van der Waals surface area (Å²) in [5, 5.41) is 13.7. The number of aliphatic imine (C=N–C) groups is 1. The number of carbonyl (C=O) groups is 2. The van der Waals surface area contributed by atoms with Gasteiger partial charge in [0.15, 0.2) is 5.69 Å². The molecule has 11 nitrogen and oxygen atoms in total. The van der Waals surface area contributed by atoms with Crippen LogP contribution in [0.5, 0.6) is 0 Å². The number of aromatic nitrogens is 3. The number of hydrogen-bond acceptors (Lipinski definition) is 9. The molecule has 0 radical (unpaired) electrons. The van der Waals surface area contributed by atoms with Gasteiger partial charge in [0, 0.05) is 39.0 Å². The first-order valence-corrected chi connectivity index (χ1v) is 10.5. The SMILES string of the molecule is COCCN=C(C(=O)N(C)C)C(C=N)NC(=O)c1nc(C2CC2)ccc1Nc1cncnc1. The van der Waals surface area contributed by atoms with Crippen LogP contribution < -0.4 is 10.6 Å². The molecule has 0 bridgehead atoms. The maximum Gasteiger partial charge on any atom is 0.272 e. The van der Waals surface area contributed by atoms with E-state index in [-0.39, 0.29) is 18.0 Å². The molecule has 3 rings (SSSR count). The fourth-order valence-electron chi connectivity index (χ4n) is 3.06. The van der Waals surface area contributed by atoms with Gasteiger partial charge in [-0.2, -0.15) is 0 Å². The second kappa shape index (κ2) is 11.2. The summed E-state index contributed by atoms with van der Waals surface area (Å²) in [5.74, 6) is -0.596. The molecule has 1 unspecified atom stereocenters. The van der Waals surface area contributed by atoms with Crippen LogP contribution in [-0.4, -0.2) is 84.0 Å². The molecule has 1 atom stereocenters. The maximum atomic E-state index is 13.3. The van der Waals surface area contributed by atoms with Crippen molar-refractivity contribution < 1.29 is 14.3 Å². The van der Waals surface area contributed by atoms with E-state index in [2.05, 4.69) is 30.6 Å². The summed E-state index contributed by atoms with van der Waals surface area (Å²) in [6.45, 7) is 0.531. The van der Waals surface area contributed by atoms with Gasteiger partial charge in [0.25, 0.3) is 11.8 Å². The molecule has 1 aliphatic rings. The van der Waals surface area contributed by atoms with Crippen LogP contribution >= 0.6 is 0 Å². The lowest BCUT2D eigenvalue weighted by Crippen LogP contribution is -2.48. The number of nitrogens with one attached hydrogen (secondary N) is 3. The number of nitrogens with zero attached hydrogens (tertiary/aromatic N) is 5. The lowest BCUT2D eigenvalue weighted by Gasteiger charge is -2.20. The summed E-state index contributed by atoms with van der Waals surface area (Å²) in [6, 6.07) is 2.66. The van der Waals surface area contributed by atoms with Crippen molar-refractivity contribution in [1.29, 1.82) is 5.41 Å². The van der Waals surface area contributed by atoms with E-state index in [1.54, 1.807) is 32.6 Å². The molecule has 2 heterocycles. The van der Waals surface area contributed by atoms with Crippen LogP contribution in [0.2, 0.25) is 0 Å². The molecule has 33 heavy (non-hydrogen) atoms. The van der Waals surface area contributed by atoms with Gasteiger partial charge >= 0.3 is 0 Å². The third-order valence-electron chi connectivity index (χ3n) is 4.92. The zero-order valence-electron chi connectivity index (χ0n) is 18.9. The van der Waals surface area contributed by atoms with E-state index in [1.807, 2.05) is 6.07 Å². The molecule has 2 aromatic rings. The zero-order chi connectivity index (χ0) is 23.8. The van der Waals surface area contributed by atoms with Gasteiger partial charge in [-0.3, -0.25) is 14.6 Å². The first-order chi connectivity index (χ1) is 15.9. The largest absolute Gasteiger partial charge is 0.383 e. The summed E-state index contributed by atoms with van der Waals surface area (Å²) < 4.78 is 5.01. The minimum atomic E-state index is -1.02. The van der Waals surface area contributed by atoms with Crippen LogP contribution in [0, 0.1) is 5.41 Å². The number of amides is 2. The molecule has 1 saturated carbocycles. The minimum Gasteiger partial charge on any atom is -0.383 e. The predicted molar refractivity (Wildman–Crippen MR) is 124 cm³/mol. The van der Waals surface area contributed by atoms with Crippen molar-refractivity contribution in [3.8, 4) is 0 Å². The van der Waals surface area contributed by atoms with Crippen molar-refractivity contribution >= 4 is 35.1 Å². The normalized spacial score (nSPS) is 14.3. The topological polar surface area (TPSA) is 146 Å². The first kappa shape index (κ1) is 23.9. The summed E-state index contributed by atoms with van der Waals surface area (Å²) >= 11 is 0. The summed E-state index contributed by atoms with van der Waals surface area (Å²) in [4.78, 5) is 44.1. The number of pyridine rings is 1. The number of anilines is 2. The van der Waals surface area contributed by atoms with Gasteiger partial charge in [-0.1, -0.05) is 0 Å². The predicted octanol–water partition coefficient (Wildman–Crippen LogP) is 1.42. The lowest BCUT2D eigenvalue weighted by atomic mass is 10.1. The molecule has 0 saturated heterocycles. The fourth-order valence-corrected chi connectivity index (χ4v) is 3.06. The number of rotatable bonds is 11. The standard InChI is InChI=1S/C22H28N8O3/c1-30(2)22(32)20(26-8-9-33-3)18(10-23)29-21(31)19-17(27-15-11-24-13-25-12-15)7-6-16(28-19)14-4-5-14/h6-7,10-14,18,23,27H,4-5,8-9H2,1-3H3,(H,29,31). The maximum absolute atomic E-state index is 13.3. The van der Waals surface area contributed by atoms with Gasteiger partial charge in [0.05, 0.1) is 36.9 Å². The second-order valence-electron chi connectivity index (χ2n) is 7.74. The Morgan fingerprint density at radius 3 is 2.64 bits per heavy atom. The second-order valence-corrected chi connectivity index (χ2v) is 7.74. The van der Waals surface area contributed by atoms with E-state index in [0.717, 1.165) is 24.8 Å². The van der Waals surface area contributed by atoms with Crippen molar-refractivity contribution in [2.45, 2.75) is 24.8 Å². The Hall–Kier alpha value is -3.73. The highest BCUT2D eigenvalue weighted by molar-refractivity contribution is 6.44. The van der Waals surface area contributed by atoms with Crippen LogP contribution in [0.25, 0.3) is 0 Å². The monoisotopic (exact) mass is 452 g/mol. The van der Waals surface area contributed by atoms with E-state index in [1.165, 1.54) is 18.3 Å². The van der Waals surface area contributed by atoms with Gasteiger partial charge in [-0.15, -0.1) is 0 Å². The van der Waals surface area contributed by atoms with Crippen molar-refractivity contribution in [2.24, 2.45) is 4.99 Å². The minimum absolute atomic E-state index is 0.0460. The lowest BCUT2D eigenvalue weighted by molar-refractivity contribution is -0.121. The van der Waals surface area contributed by atoms with Crippen LogP contribution in [0.1, 0.15) is 34.9 Å². The average molecular weight is 453 g/mol. The Morgan fingerprint density at radius 1 is 1.30 bits per heavy atom. The Labute approximate surface area is 192 Å². The Balaban J connectivity index is 1.89. The van der Waals surface area contributed by atoms with Crippen LogP contribution in [0.15, 0.2) is 35.8 Å². The van der Waals surface area contributed by atoms with E-state index in [4.69, 9.17) is 10.1 Å². The van der Waals surface area contributed by atoms with E-state index in [0.29, 0.717) is 23.9 Å². The molecule has 2 amide bonds. The molecule has 1 fully saturated rings. The van der Waals surface area contributed by atoms with Crippen LogP contribution in [0.4, 0.5) is 11.4 Å². The first-order valence-electron chi connectivity index (χ1n) is 10.5. The van der Waals surface area contributed by atoms with Crippen molar-refractivity contribution in [2.75, 3.05) is 39.7 Å². The van der Waals surface area contributed by atoms with E-state index in [9.17, 15) is 9.59 Å². The summed E-state index contributed by atoms with van der Waals surface area (Å²) in [7, 11) is 4.70. The van der Waals surface area contributed by atoms with Crippen molar-refractivity contribution in [3.63, 3.8) is 0 Å². The molecule has 0 aliphatic heterocycles. The van der Waals surface area contributed by atoms with Gasteiger partial charge in [-0.05, 0) is 25.0 Å². The average Bonchev–Trinajstić information content (AvgIpc) is 3.66. The number of carbonyl (C=O) groups excluding carboxylic acids is 2. The van der Waals surface area contributed by atoms with Gasteiger partial charge in [0.2, 0.25) is 0 Å². The quantitative estimate of drug-likeness (QED) is 0.345. The molecule has 3 N–H and O–H groups in total. The van der Waals surface area contributed by atoms with E-state index >= 15 is 0 Å².